The SMILES string of the molecule is CCO[C@](O)(CC)CCN. The number of hydrogen-bond acceptors (Lipinski definition) is 3. The fourth-order valence-electron chi connectivity index (χ4n) is 0.845. The Kier molecular flexibility index (Phi) is 4.60. The van der Waals surface area contributed by atoms with E-state index in [4.69, 9.17) is 10.5 Å². The molecule has 0 aliphatic heterocycles. The van der Waals surface area contributed by atoms with Crippen molar-refractivity contribution in [1.82, 2.24) is 0 Å². The minimum atomic E-state index is -0.983. The Balaban J connectivity index is 3.69. The van der Waals surface area contributed by atoms with Gasteiger partial charge in [0.15, 0.2) is 5.79 Å². The predicted octanol–water partition coefficient (Wildman–Crippen LogP) is 0.470. The van der Waals surface area contributed by atoms with Crippen LogP contribution in [-0.2, 0) is 4.74 Å². The van der Waals surface area contributed by atoms with Gasteiger partial charge in [0.05, 0.1) is 0 Å². The molecule has 0 aromatic heterocycles. The standard InChI is InChI=1S/C7H17NO2/c1-3-7(9,5-6-8)10-4-2/h9H,3-6,8H2,1-2H3/t7-/m1/s1. The molecule has 0 aliphatic carbocycles. The van der Waals surface area contributed by atoms with Gasteiger partial charge in [0.2, 0.25) is 0 Å². The molecule has 3 N–H and O–H groups in total. The van der Waals surface area contributed by atoms with Crippen LogP contribution in [0, 0.1) is 0 Å². The lowest BCUT2D eigenvalue weighted by molar-refractivity contribution is -0.204. The Labute approximate surface area is 62.2 Å². The van der Waals surface area contributed by atoms with Gasteiger partial charge in [0.1, 0.15) is 0 Å². The zero-order valence-electron chi connectivity index (χ0n) is 6.76. The van der Waals surface area contributed by atoms with Gasteiger partial charge in [0, 0.05) is 13.0 Å². The molecule has 0 bridgehead atoms. The fourth-order valence-corrected chi connectivity index (χ4v) is 0.845. The molecule has 0 aromatic carbocycles. The average molecular weight is 147 g/mol. The van der Waals surface area contributed by atoms with Crippen LogP contribution in [0.3, 0.4) is 0 Å². The van der Waals surface area contributed by atoms with Crippen LogP contribution in [0.5, 0.6) is 0 Å². The van der Waals surface area contributed by atoms with Crippen LogP contribution in [-0.4, -0.2) is 24.0 Å². The van der Waals surface area contributed by atoms with Crippen molar-refractivity contribution >= 4 is 0 Å². The van der Waals surface area contributed by atoms with Crippen LogP contribution >= 0.6 is 0 Å². The van der Waals surface area contributed by atoms with Gasteiger partial charge in [-0.3, -0.25) is 0 Å². The van der Waals surface area contributed by atoms with Gasteiger partial charge in [-0.15, -0.1) is 0 Å². The number of hydrogen-bond donors (Lipinski definition) is 2. The van der Waals surface area contributed by atoms with Crippen molar-refractivity contribution in [3.05, 3.63) is 0 Å². The molecule has 0 saturated heterocycles. The van der Waals surface area contributed by atoms with Gasteiger partial charge in [-0.25, -0.2) is 0 Å². The molecule has 62 valence electrons. The summed E-state index contributed by atoms with van der Waals surface area (Å²) in [7, 11) is 0. The fraction of sp³-hybridized carbons (Fsp3) is 1.00. The minimum absolute atomic E-state index is 0.463. The largest absolute Gasteiger partial charge is 0.365 e. The van der Waals surface area contributed by atoms with Gasteiger partial charge in [0.25, 0.3) is 0 Å². The molecular weight excluding hydrogens is 130 g/mol. The predicted molar refractivity (Wildman–Crippen MR) is 40.5 cm³/mol. The molecule has 0 aliphatic rings. The second-order valence-corrected chi connectivity index (χ2v) is 2.27. The van der Waals surface area contributed by atoms with E-state index in [1.165, 1.54) is 0 Å². The molecular formula is C7H17NO2. The normalized spacial score (nSPS) is 16.8. The molecule has 1 atom stereocenters. The Morgan fingerprint density at radius 1 is 1.50 bits per heavy atom. The van der Waals surface area contributed by atoms with E-state index in [0.717, 1.165) is 0 Å². The quantitative estimate of drug-likeness (QED) is 0.556. The van der Waals surface area contributed by atoms with E-state index >= 15 is 0 Å². The lowest BCUT2D eigenvalue weighted by Crippen LogP contribution is -2.34. The molecule has 0 spiro atoms. The zero-order valence-corrected chi connectivity index (χ0v) is 6.76. The highest BCUT2D eigenvalue weighted by molar-refractivity contribution is 4.64. The smallest absolute Gasteiger partial charge is 0.166 e. The van der Waals surface area contributed by atoms with Crippen LogP contribution in [0.1, 0.15) is 26.7 Å². The van der Waals surface area contributed by atoms with Crippen molar-refractivity contribution in [2.45, 2.75) is 32.5 Å². The first-order chi connectivity index (χ1) is 4.68. The minimum Gasteiger partial charge on any atom is -0.365 e. The maximum atomic E-state index is 9.52. The van der Waals surface area contributed by atoms with Crippen LogP contribution in [0.4, 0.5) is 0 Å². The maximum absolute atomic E-state index is 9.52. The molecule has 3 nitrogen and oxygen atoms in total. The van der Waals surface area contributed by atoms with Gasteiger partial charge in [-0.05, 0) is 19.9 Å². The molecule has 0 fully saturated rings. The van der Waals surface area contributed by atoms with Crippen molar-refractivity contribution in [2.24, 2.45) is 5.73 Å². The van der Waals surface area contributed by atoms with E-state index in [1.807, 2.05) is 13.8 Å². The molecule has 0 aromatic rings. The second-order valence-electron chi connectivity index (χ2n) is 2.27. The summed E-state index contributed by atoms with van der Waals surface area (Å²) in [6.07, 6.45) is 1.11. The van der Waals surface area contributed by atoms with E-state index in [0.29, 0.717) is 26.0 Å². The molecule has 0 rings (SSSR count). The summed E-state index contributed by atoms with van der Waals surface area (Å²) in [6, 6.07) is 0. The molecule has 0 unspecified atom stereocenters. The molecule has 3 heteroatoms. The third-order valence-electron chi connectivity index (χ3n) is 1.50. The molecule has 0 radical (unpaired) electrons. The monoisotopic (exact) mass is 147 g/mol. The lowest BCUT2D eigenvalue weighted by Gasteiger charge is -2.25. The highest BCUT2D eigenvalue weighted by Gasteiger charge is 2.22. The summed E-state index contributed by atoms with van der Waals surface area (Å²) < 4.78 is 5.09. The summed E-state index contributed by atoms with van der Waals surface area (Å²) >= 11 is 0. The van der Waals surface area contributed by atoms with E-state index in [-0.39, 0.29) is 0 Å². The highest BCUT2D eigenvalue weighted by atomic mass is 16.6. The summed E-state index contributed by atoms with van der Waals surface area (Å²) in [5.41, 5.74) is 5.28. The Bertz CT molecular complexity index is 79.7. The summed E-state index contributed by atoms with van der Waals surface area (Å²) in [4.78, 5) is 0. The number of rotatable bonds is 5. The first kappa shape index (κ1) is 9.88. The number of nitrogens with two attached hydrogens (primary N) is 1. The third-order valence-corrected chi connectivity index (χ3v) is 1.50. The summed E-state index contributed by atoms with van der Waals surface area (Å²) in [5.74, 6) is -0.983. The molecule has 0 saturated carbocycles. The van der Waals surface area contributed by atoms with E-state index in [9.17, 15) is 5.11 Å². The van der Waals surface area contributed by atoms with Gasteiger partial charge in [-0.2, -0.15) is 0 Å². The van der Waals surface area contributed by atoms with Crippen molar-refractivity contribution < 1.29 is 9.84 Å². The van der Waals surface area contributed by atoms with Crippen molar-refractivity contribution in [2.75, 3.05) is 13.2 Å². The number of aliphatic hydroxyl groups is 1. The van der Waals surface area contributed by atoms with E-state index in [2.05, 4.69) is 0 Å². The first-order valence-corrected chi connectivity index (χ1v) is 3.75. The van der Waals surface area contributed by atoms with Gasteiger partial charge in [-0.1, -0.05) is 6.92 Å². The van der Waals surface area contributed by atoms with E-state index < -0.39 is 5.79 Å². The summed E-state index contributed by atoms with van der Waals surface area (Å²) in [6.45, 7) is 4.73. The first-order valence-electron chi connectivity index (χ1n) is 3.75. The second kappa shape index (κ2) is 4.66. The van der Waals surface area contributed by atoms with Crippen LogP contribution in [0.2, 0.25) is 0 Å². The molecule has 10 heavy (non-hydrogen) atoms. The highest BCUT2D eigenvalue weighted by Crippen LogP contribution is 2.14. The van der Waals surface area contributed by atoms with Crippen LogP contribution < -0.4 is 5.73 Å². The maximum Gasteiger partial charge on any atom is 0.166 e. The van der Waals surface area contributed by atoms with Crippen molar-refractivity contribution in [1.29, 1.82) is 0 Å². The Morgan fingerprint density at radius 2 is 2.10 bits per heavy atom. The molecule has 0 heterocycles. The van der Waals surface area contributed by atoms with Gasteiger partial charge < -0.3 is 15.6 Å². The van der Waals surface area contributed by atoms with Crippen LogP contribution in [0.15, 0.2) is 0 Å². The Morgan fingerprint density at radius 3 is 2.40 bits per heavy atom. The van der Waals surface area contributed by atoms with E-state index in [1.54, 1.807) is 0 Å². The third kappa shape index (κ3) is 3.15. The average Bonchev–Trinajstić information content (AvgIpc) is 1.89. The molecule has 0 amide bonds. The number of ether oxygens (including phenoxy) is 1. The summed E-state index contributed by atoms with van der Waals surface area (Å²) in [5, 5.41) is 9.52. The zero-order chi connectivity index (χ0) is 8.04. The lowest BCUT2D eigenvalue weighted by atomic mass is 10.1. The van der Waals surface area contributed by atoms with Crippen LogP contribution in [0.25, 0.3) is 0 Å². The topological polar surface area (TPSA) is 55.5 Å². The Hall–Kier alpha value is -0.120. The van der Waals surface area contributed by atoms with Crippen molar-refractivity contribution in [3.63, 3.8) is 0 Å². The van der Waals surface area contributed by atoms with Gasteiger partial charge >= 0.3 is 0 Å². The van der Waals surface area contributed by atoms with Crippen molar-refractivity contribution in [3.8, 4) is 0 Å².